The highest BCUT2D eigenvalue weighted by Gasteiger charge is 2.35. The summed E-state index contributed by atoms with van der Waals surface area (Å²) in [5.74, 6) is -2.04. The lowest BCUT2D eigenvalue weighted by atomic mass is 10.0. The van der Waals surface area contributed by atoms with Crippen molar-refractivity contribution in [2.75, 3.05) is 18.9 Å². The lowest BCUT2D eigenvalue weighted by Gasteiger charge is -2.14. The molecule has 1 saturated heterocycles. The maximum absolute atomic E-state index is 12.0. The summed E-state index contributed by atoms with van der Waals surface area (Å²) in [6.07, 6.45) is 0. The molecule has 7 nitrogen and oxygen atoms in total. The van der Waals surface area contributed by atoms with Crippen molar-refractivity contribution in [3.05, 3.63) is 10.6 Å². The number of anilines is 1. The number of carboxylic acid groups (broad SMARTS) is 1. The Balaban J connectivity index is 2.07. The number of aliphatic carboxylic acids is 1. The summed E-state index contributed by atoms with van der Waals surface area (Å²) >= 11 is 1.08. The number of nitrogens with zero attached hydrogens (tertiary/aromatic N) is 1. The molecule has 0 radical (unpaired) electrons. The molecule has 2 heterocycles. The maximum Gasteiger partial charge on any atom is 0.311 e. The Hall–Kier alpha value is -1.67. The third-order valence-corrected chi connectivity index (χ3v) is 3.72. The molecule has 0 aromatic carbocycles. The van der Waals surface area contributed by atoms with Gasteiger partial charge in [-0.15, -0.1) is 0 Å². The third kappa shape index (κ3) is 2.44. The minimum absolute atomic E-state index is 0.115. The Labute approximate surface area is 107 Å². The fourth-order valence-electron chi connectivity index (χ4n) is 1.80. The van der Waals surface area contributed by atoms with Crippen LogP contribution in [0.1, 0.15) is 15.4 Å². The Morgan fingerprint density at radius 3 is 2.83 bits per heavy atom. The van der Waals surface area contributed by atoms with Crippen LogP contribution in [0.4, 0.5) is 5.13 Å². The number of rotatable bonds is 3. The number of carbonyl (C=O) groups excluding carboxylic acids is 1. The lowest BCUT2D eigenvalue weighted by Crippen LogP contribution is -2.42. The lowest BCUT2D eigenvalue weighted by molar-refractivity contribution is -0.142. The van der Waals surface area contributed by atoms with E-state index < -0.39 is 17.9 Å². The molecule has 1 amide bonds. The van der Waals surface area contributed by atoms with Crippen molar-refractivity contribution < 1.29 is 19.4 Å². The number of ether oxygens (including phenoxy) is 1. The molecule has 1 aromatic heterocycles. The van der Waals surface area contributed by atoms with Gasteiger partial charge in [-0.05, 0) is 6.92 Å². The van der Waals surface area contributed by atoms with Crippen LogP contribution in [0.25, 0.3) is 0 Å². The van der Waals surface area contributed by atoms with E-state index >= 15 is 0 Å². The van der Waals surface area contributed by atoms with E-state index in [1.807, 2.05) is 0 Å². The first-order valence-corrected chi connectivity index (χ1v) is 6.15. The molecule has 0 saturated carbocycles. The monoisotopic (exact) mass is 271 g/mol. The minimum Gasteiger partial charge on any atom is -0.481 e. The van der Waals surface area contributed by atoms with Crippen LogP contribution in [-0.4, -0.2) is 41.2 Å². The summed E-state index contributed by atoms with van der Waals surface area (Å²) in [7, 11) is 0. The quantitative estimate of drug-likeness (QED) is 0.705. The van der Waals surface area contributed by atoms with Crippen molar-refractivity contribution in [2.45, 2.75) is 13.0 Å². The van der Waals surface area contributed by atoms with E-state index in [0.717, 1.165) is 11.3 Å². The summed E-state index contributed by atoms with van der Waals surface area (Å²) < 4.78 is 5.07. The number of aryl methyl sites for hydroxylation is 1. The average molecular weight is 271 g/mol. The Kier molecular flexibility index (Phi) is 3.48. The molecule has 98 valence electrons. The largest absolute Gasteiger partial charge is 0.481 e. The zero-order valence-corrected chi connectivity index (χ0v) is 10.5. The second-order valence-corrected chi connectivity index (χ2v) is 5.06. The number of aromatic nitrogens is 1. The first-order valence-electron chi connectivity index (χ1n) is 5.33. The molecule has 1 aliphatic heterocycles. The molecule has 0 bridgehead atoms. The van der Waals surface area contributed by atoms with Crippen LogP contribution in [0.2, 0.25) is 0 Å². The van der Waals surface area contributed by atoms with Crippen molar-refractivity contribution in [3.63, 3.8) is 0 Å². The zero-order valence-electron chi connectivity index (χ0n) is 9.67. The van der Waals surface area contributed by atoms with Crippen molar-refractivity contribution >= 4 is 28.3 Å². The highest BCUT2D eigenvalue weighted by molar-refractivity contribution is 7.17. The van der Waals surface area contributed by atoms with Gasteiger partial charge >= 0.3 is 5.97 Å². The first-order chi connectivity index (χ1) is 8.49. The van der Waals surface area contributed by atoms with E-state index in [1.54, 1.807) is 6.92 Å². The minimum atomic E-state index is -0.974. The SMILES string of the molecule is Cc1nc(N)sc1C(=O)NC1COCC1C(=O)O. The van der Waals surface area contributed by atoms with E-state index in [0.29, 0.717) is 15.7 Å². The van der Waals surface area contributed by atoms with Gasteiger partial charge in [0.15, 0.2) is 5.13 Å². The van der Waals surface area contributed by atoms with E-state index in [-0.39, 0.29) is 19.1 Å². The smallest absolute Gasteiger partial charge is 0.311 e. The van der Waals surface area contributed by atoms with Gasteiger partial charge in [0.25, 0.3) is 5.91 Å². The van der Waals surface area contributed by atoms with Gasteiger partial charge in [-0.3, -0.25) is 9.59 Å². The Morgan fingerprint density at radius 2 is 2.28 bits per heavy atom. The number of nitrogen functional groups attached to an aromatic ring is 1. The second-order valence-electron chi connectivity index (χ2n) is 4.03. The second kappa shape index (κ2) is 4.91. The molecule has 2 unspecified atom stereocenters. The van der Waals surface area contributed by atoms with Crippen LogP contribution < -0.4 is 11.1 Å². The highest BCUT2D eigenvalue weighted by Crippen LogP contribution is 2.21. The summed E-state index contributed by atoms with van der Waals surface area (Å²) in [5, 5.41) is 11.9. The molecule has 0 spiro atoms. The van der Waals surface area contributed by atoms with E-state index in [4.69, 9.17) is 15.6 Å². The normalized spacial score (nSPS) is 22.9. The van der Waals surface area contributed by atoms with Gasteiger partial charge in [-0.2, -0.15) is 0 Å². The topological polar surface area (TPSA) is 115 Å². The van der Waals surface area contributed by atoms with E-state index in [1.165, 1.54) is 0 Å². The highest BCUT2D eigenvalue weighted by atomic mass is 32.1. The molecule has 1 aliphatic rings. The predicted molar refractivity (Wildman–Crippen MR) is 64.5 cm³/mol. The number of amides is 1. The number of carbonyl (C=O) groups is 2. The molecule has 1 aromatic rings. The van der Waals surface area contributed by atoms with Gasteiger partial charge in [0.2, 0.25) is 0 Å². The zero-order chi connectivity index (χ0) is 13.3. The molecule has 4 N–H and O–H groups in total. The van der Waals surface area contributed by atoms with Crippen molar-refractivity contribution in [3.8, 4) is 0 Å². The predicted octanol–water partition coefficient (Wildman–Crippen LogP) is -0.137. The van der Waals surface area contributed by atoms with Gasteiger partial charge in [-0.1, -0.05) is 11.3 Å². The first kappa shape index (κ1) is 12.8. The molecule has 8 heteroatoms. The van der Waals surface area contributed by atoms with Crippen LogP contribution in [-0.2, 0) is 9.53 Å². The molecule has 2 rings (SSSR count). The van der Waals surface area contributed by atoms with Crippen LogP contribution >= 0.6 is 11.3 Å². The van der Waals surface area contributed by atoms with Gasteiger partial charge in [-0.25, -0.2) is 4.98 Å². The number of nitrogens with one attached hydrogen (secondary N) is 1. The molecule has 2 atom stereocenters. The number of nitrogens with two attached hydrogens (primary N) is 1. The third-order valence-electron chi connectivity index (χ3n) is 2.73. The number of thiazole rings is 1. The van der Waals surface area contributed by atoms with Gasteiger partial charge in [0.1, 0.15) is 10.8 Å². The fourth-order valence-corrected chi connectivity index (χ4v) is 2.54. The van der Waals surface area contributed by atoms with Crippen LogP contribution in [0.3, 0.4) is 0 Å². The number of hydrogen-bond donors (Lipinski definition) is 3. The van der Waals surface area contributed by atoms with Gasteiger partial charge < -0.3 is 20.9 Å². The summed E-state index contributed by atoms with van der Waals surface area (Å²) in [5.41, 5.74) is 6.05. The van der Waals surface area contributed by atoms with Crippen LogP contribution in [0.5, 0.6) is 0 Å². The van der Waals surface area contributed by atoms with Crippen LogP contribution in [0, 0.1) is 12.8 Å². The fraction of sp³-hybridized carbons (Fsp3) is 0.500. The van der Waals surface area contributed by atoms with Crippen LogP contribution in [0.15, 0.2) is 0 Å². The van der Waals surface area contributed by atoms with Crippen molar-refractivity contribution in [2.24, 2.45) is 5.92 Å². The summed E-state index contributed by atoms with van der Waals surface area (Å²) in [6.45, 7) is 2.00. The number of hydrogen-bond acceptors (Lipinski definition) is 6. The van der Waals surface area contributed by atoms with Crippen molar-refractivity contribution in [1.29, 1.82) is 0 Å². The Morgan fingerprint density at radius 1 is 1.56 bits per heavy atom. The molecular weight excluding hydrogens is 258 g/mol. The standard InChI is InChI=1S/C10H13N3O4S/c1-4-7(18-10(11)12-4)8(14)13-6-3-17-2-5(6)9(15)16/h5-6H,2-3H2,1H3,(H2,11,12)(H,13,14)(H,15,16). The number of carboxylic acids is 1. The molecular formula is C10H13N3O4S. The van der Waals surface area contributed by atoms with E-state index in [9.17, 15) is 9.59 Å². The molecule has 0 aliphatic carbocycles. The average Bonchev–Trinajstić information content (AvgIpc) is 2.85. The summed E-state index contributed by atoms with van der Waals surface area (Å²) in [6, 6.07) is -0.516. The van der Waals surface area contributed by atoms with Crippen molar-refractivity contribution in [1.82, 2.24) is 10.3 Å². The molecule has 1 fully saturated rings. The Bertz CT molecular complexity index is 487. The van der Waals surface area contributed by atoms with Gasteiger partial charge in [0, 0.05) is 0 Å². The maximum atomic E-state index is 12.0. The van der Waals surface area contributed by atoms with Gasteiger partial charge in [0.05, 0.1) is 24.9 Å². The molecule has 18 heavy (non-hydrogen) atoms. The summed E-state index contributed by atoms with van der Waals surface area (Å²) in [4.78, 5) is 27.3. The van der Waals surface area contributed by atoms with E-state index in [2.05, 4.69) is 10.3 Å².